The molecule has 4 nitrogen and oxygen atoms in total. The lowest BCUT2D eigenvalue weighted by Crippen LogP contribution is -2.48. The molecule has 2 aliphatic rings. The van der Waals surface area contributed by atoms with Gasteiger partial charge in [0.25, 0.3) is 0 Å². The maximum absolute atomic E-state index is 4.47. The van der Waals surface area contributed by atoms with E-state index in [9.17, 15) is 0 Å². The fourth-order valence-corrected chi connectivity index (χ4v) is 4.34. The van der Waals surface area contributed by atoms with Gasteiger partial charge in [0.15, 0.2) is 5.96 Å². The van der Waals surface area contributed by atoms with Crippen LogP contribution in [-0.2, 0) is 0 Å². The normalized spacial score (nSPS) is 24.6. The summed E-state index contributed by atoms with van der Waals surface area (Å²) in [4.78, 5) is 9.50. The highest BCUT2D eigenvalue weighted by atomic mass is 32.2. The molecule has 0 saturated carbocycles. The molecular weight excluding hydrogens is 280 g/mol. The molecule has 1 N–H and O–H groups in total. The molecule has 5 heteroatoms. The van der Waals surface area contributed by atoms with Crippen molar-refractivity contribution in [2.24, 2.45) is 4.99 Å². The highest BCUT2D eigenvalue weighted by molar-refractivity contribution is 8.00. The number of aliphatic imine (C=N–C) groups is 1. The van der Waals surface area contributed by atoms with Crippen molar-refractivity contribution in [3.8, 4) is 0 Å². The Bertz CT molecular complexity index is 315. The Morgan fingerprint density at radius 3 is 2.76 bits per heavy atom. The molecule has 2 aliphatic heterocycles. The third kappa shape index (κ3) is 5.70. The quantitative estimate of drug-likeness (QED) is 0.463. The molecule has 2 fully saturated rings. The van der Waals surface area contributed by atoms with Gasteiger partial charge in [-0.15, -0.1) is 0 Å². The lowest BCUT2D eigenvalue weighted by molar-refractivity contribution is 0.329. The average Bonchev–Trinajstić information content (AvgIpc) is 3.04. The third-order valence-electron chi connectivity index (χ3n) is 4.49. The van der Waals surface area contributed by atoms with Crippen LogP contribution in [0, 0.1) is 0 Å². The number of hydrogen-bond acceptors (Lipinski definition) is 3. The van der Waals surface area contributed by atoms with E-state index in [2.05, 4.69) is 38.8 Å². The Labute approximate surface area is 134 Å². The smallest absolute Gasteiger partial charge is 0.193 e. The predicted octanol–water partition coefficient (Wildman–Crippen LogP) is 2.27. The van der Waals surface area contributed by atoms with Crippen molar-refractivity contribution in [3.05, 3.63) is 0 Å². The van der Waals surface area contributed by atoms with E-state index >= 15 is 0 Å². The first-order valence-electron chi connectivity index (χ1n) is 8.63. The van der Waals surface area contributed by atoms with E-state index in [0.717, 1.165) is 30.8 Å². The number of unbranched alkanes of at least 4 members (excludes halogenated alkanes) is 1. The number of hydrogen-bond donors (Lipinski definition) is 1. The van der Waals surface area contributed by atoms with Crippen LogP contribution >= 0.6 is 11.8 Å². The van der Waals surface area contributed by atoms with E-state index < -0.39 is 0 Å². The lowest BCUT2D eigenvalue weighted by Gasteiger charge is -2.34. The van der Waals surface area contributed by atoms with Crippen LogP contribution in [0.2, 0.25) is 0 Å². The number of nitrogens with zero attached hydrogens (tertiary/aromatic N) is 3. The summed E-state index contributed by atoms with van der Waals surface area (Å²) in [5.41, 5.74) is 0. The highest BCUT2D eigenvalue weighted by Gasteiger charge is 2.21. The van der Waals surface area contributed by atoms with Gasteiger partial charge in [-0.3, -0.25) is 4.99 Å². The molecule has 21 heavy (non-hydrogen) atoms. The van der Waals surface area contributed by atoms with Crippen molar-refractivity contribution in [2.75, 3.05) is 52.1 Å². The van der Waals surface area contributed by atoms with E-state index in [1.54, 1.807) is 0 Å². The molecule has 0 radical (unpaired) electrons. The van der Waals surface area contributed by atoms with Gasteiger partial charge in [0.1, 0.15) is 0 Å². The SMILES string of the molecule is CCC1CN(C(=NC)NCCCCN2CCCC2)CCS1. The maximum Gasteiger partial charge on any atom is 0.193 e. The minimum Gasteiger partial charge on any atom is -0.356 e. The van der Waals surface area contributed by atoms with E-state index in [-0.39, 0.29) is 0 Å². The van der Waals surface area contributed by atoms with Gasteiger partial charge in [-0.25, -0.2) is 0 Å². The highest BCUT2D eigenvalue weighted by Crippen LogP contribution is 2.20. The summed E-state index contributed by atoms with van der Waals surface area (Å²) < 4.78 is 0. The summed E-state index contributed by atoms with van der Waals surface area (Å²) in [5, 5.41) is 4.33. The van der Waals surface area contributed by atoms with Crippen molar-refractivity contribution >= 4 is 17.7 Å². The first kappa shape index (κ1) is 16.9. The molecule has 1 atom stereocenters. The Kier molecular flexibility index (Phi) is 7.72. The minimum atomic E-state index is 0.771. The predicted molar refractivity (Wildman–Crippen MR) is 94.4 cm³/mol. The summed E-state index contributed by atoms with van der Waals surface area (Å²) >= 11 is 2.11. The van der Waals surface area contributed by atoms with Crippen LogP contribution in [0.25, 0.3) is 0 Å². The van der Waals surface area contributed by atoms with Gasteiger partial charge in [0.05, 0.1) is 0 Å². The monoisotopic (exact) mass is 312 g/mol. The van der Waals surface area contributed by atoms with Crippen LogP contribution in [0.3, 0.4) is 0 Å². The molecule has 2 heterocycles. The summed E-state index contributed by atoms with van der Waals surface area (Å²) in [5.74, 6) is 2.34. The Hall–Kier alpha value is -0.420. The molecule has 1 unspecified atom stereocenters. The Balaban J connectivity index is 1.60. The fourth-order valence-electron chi connectivity index (χ4n) is 3.16. The van der Waals surface area contributed by atoms with Crippen LogP contribution in [0.4, 0.5) is 0 Å². The topological polar surface area (TPSA) is 30.9 Å². The van der Waals surface area contributed by atoms with Crippen LogP contribution in [0.5, 0.6) is 0 Å². The Morgan fingerprint density at radius 1 is 1.24 bits per heavy atom. The van der Waals surface area contributed by atoms with E-state index in [4.69, 9.17) is 0 Å². The van der Waals surface area contributed by atoms with Crippen molar-refractivity contribution in [1.29, 1.82) is 0 Å². The van der Waals surface area contributed by atoms with Gasteiger partial charge in [-0.1, -0.05) is 6.92 Å². The van der Waals surface area contributed by atoms with Crippen molar-refractivity contribution in [1.82, 2.24) is 15.1 Å². The average molecular weight is 313 g/mol. The number of nitrogens with one attached hydrogen (secondary N) is 1. The summed E-state index contributed by atoms with van der Waals surface area (Å²) in [7, 11) is 1.91. The molecule has 0 bridgehead atoms. The van der Waals surface area contributed by atoms with Gasteiger partial charge in [0.2, 0.25) is 0 Å². The summed E-state index contributed by atoms with van der Waals surface area (Å²) in [6, 6.07) is 0. The molecule has 2 rings (SSSR count). The van der Waals surface area contributed by atoms with Crippen molar-refractivity contribution in [2.45, 2.75) is 44.3 Å². The van der Waals surface area contributed by atoms with Gasteiger partial charge >= 0.3 is 0 Å². The lowest BCUT2D eigenvalue weighted by atomic mass is 10.3. The molecule has 122 valence electrons. The van der Waals surface area contributed by atoms with Gasteiger partial charge in [-0.05, 0) is 51.7 Å². The van der Waals surface area contributed by atoms with E-state index in [1.165, 1.54) is 57.5 Å². The Morgan fingerprint density at radius 2 is 2.05 bits per heavy atom. The zero-order valence-electron chi connectivity index (χ0n) is 13.8. The van der Waals surface area contributed by atoms with Gasteiger partial charge in [-0.2, -0.15) is 11.8 Å². The molecular formula is C16H32N4S. The zero-order valence-corrected chi connectivity index (χ0v) is 14.6. The molecule has 2 saturated heterocycles. The van der Waals surface area contributed by atoms with Crippen LogP contribution in [-0.4, -0.2) is 73.1 Å². The number of likely N-dealkylation sites (tertiary alicyclic amines) is 1. The standard InChI is InChI=1S/C16H32N4S/c1-3-15-14-20(12-13-21-15)16(17-2)18-8-4-5-9-19-10-6-7-11-19/h15H,3-14H2,1-2H3,(H,17,18). The second kappa shape index (κ2) is 9.57. The molecule has 0 aliphatic carbocycles. The van der Waals surface area contributed by atoms with E-state index in [1.807, 2.05) is 7.05 Å². The summed E-state index contributed by atoms with van der Waals surface area (Å²) in [6.07, 6.45) is 6.60. The summed E-state index contributed by atoms with van der Waals surface area (Å²) in [6.45, 7) is 9.54. The molecule has 0 aromatic carbocycles. The number of guanidine groups is 1. The zero-order chi connectivity index (χ0) is 14.9. The number of thioether (sulfide) groups is 1. The molecule has 0 aromatic rings. The maximum atomic E-state index is 4.47. The molecule has 0 spiro atoms. The first-order valence-corrected chi connectivity index (χ1v) is 9.68. The second-order valence-electron chi connectivity index (χ2n) is 6.08. The minimum absolute atomic E-state index is 0.771. The van der Waals surface area contributed by atoms with Crippen LogP contribution in [0.1, 0.15) is 39.0 Å². The first-order chi connectivity index (χ1) is 10.3. The van der Waals surface area contributed by atoms with Gasteiger partial charge in [0, 0.05) is 37.7 Å². The number of rotatable bonds is 6. The molecule has 0 aromatic heterocycles. The van der Waals surface area contributed by atoms with Gasteiger partial charge < -0.3 is 15.1 Å². The molecule has 0 amide bonds. The van der Waals surface area contributed by atoms with Crippen molar-refractivity contribution in [3.63, 3.8) is 0 Å². The van der Waals surface area contributed by atoms with E-state index in [0.29, 0.717) is 0 Å². The second-order valence-corrected chi connectivity index (χ2v) is 7.49. The fraction of sp³-hybridized carbons (Fsp3) is 0.938. The van der Waals surface area contributed by atoms with Crippen LogP contribution < -0.4 is 5.32 Å². The van der Waals surface area contributed by atoms with Crippen molar-refractivity contribution < 1.29 is 0 Å². The largest absolute Gasteiger partial charge is 0.356 e. The van der Waals surface area contributed by atoms with Crippen LogP contribution in [0.15, 0.2) is 4.99 Å². The third-order valence-corrected chi connectivity index (χ3v) is 5.86.